The SMILES string of the molecule is C[N+](C)(C)CCO.[Cl-].[K+]. The van der Waals surface area contributed by atoms with E-state index in [0.29, 0.717) is 0 Å². The van der Waals surface area contributed by atoms with E-state index in [-0.39, 0.29) is 70.4 Å². The Morgan fingerprint density at radius 2 is 1.56 bits per heavy atom. The van der Waals surface area contributed by atoms with Gasteiger partial charge in [-0.1, -0.05) is 0 Å². The van der Waals surface area contributed by atoms with E-state index < -0.39 is 0 Å². The summed E-state index contributed by atoms with van der Waals surface area (Å²) >= 11 is 0. The van der Waals surface area contributed by atoms with E-state index in [9.17, 15) is 0 Å². The fraction of sp³-hybridized carbons (Fsp3) is 1.00. The van der Waals surface area contributed by atoms with Crippen LogP contribution in [0.15, 0.2) is 0 Å². The maximum absolute atomic E-state index is 8.39. The molecule has 0 rings (SSSR count). The van der Waals surface area contributed by atoms with Gasteiger partial charge in [0.15, 0.2) is 0 Å². The van der Waals surface area contributed by atoms with E-state index >= 15 is 0 Å². The van der Waals surface area contributed by atoms with Crippen molar-refractivity contribution in [3.63, 3.8) is 0 Å². The van der Waals surface area contributed by atoms with Crippen LogP contribution in [-0.2, 0) is 0 Å². The molecule has 0 amide bonds. The van der Waals surface area contributed by atoms with Crippen molar-refractivity contribution in [3.8, 4) is 0 Å². The second-order valence-corrected chi connectivity index (χ2v) is 2.74. The average Bonchev–Trinajstić information content (AvgIpc) is 1.30. The summed E-state index contributed by atoms with van der Waals surface area (Å²) in [6, 6.07) is 0. The van der Waals surface area contributed by atoms with Gasteiger partial charge < -0.3 is 22.0 Å². The van der Waals surface area contributed by atoms with E-state index in [1.54, 1.807) is 0 Å². The largest absolute Gasteiger partial charge is 1.00 e. The second-order valence-electron chi connectivity index (χ2n) is 2.74. The molecule has 0 aliphatic carbocycles. The van der Waals surface area contributed by atoms with Crippen molar-refractivity contribution >= 4 is 0 Å². The normalized spacial score (nSPS) is 9.33. The molecule has 1 N–H and O–H groups in total. The first-order chi connectivity index (χ1) is 3.06. The van der Waals surface area contributed by atoms with Crippen LogP contribution in [0.3, 0.4) is 0 Å². The van der Waals surface area contributed by atoms with Crippen LogP contribution in [0.1, 0.15) is 0 Å². The summed E-state index contributed by atoms with van der Waals surface area (Å²) in [5, 5.41) is 8.39. The molecule has 0 aromatic carbocycles. The van der Waals surface area contributed by atoms with Gasteiger partial charge in [0.25, 0.3) is 0 Å². The van der Waals surface area contributed by atoms with Gasteiger partial charge in [0.1, 0.15) is 6.54 Å². The zero-order valence-corrected chi connectivity index (χ0v) is 10.6. The summed E-state index contributed by atoms with van der Waals surface area (Å²) < 4.78 is 0.844. The molecular weight excluding hydrogens is 165 g/mol. The zero-order chi connectivity index (χ0) is 5.91. The van der Waals surface area contributed by atoms with Gasteiger partial charge in [-0.05, 0) is 0 Å². The third kappa shape index (κ3) is 17.7. The van der Waals surface area contributed by atoms with Crippen LogP contribution in [0.2, 0.25) is 0 Å². The minimum absolute atomic E-state index is 0. The molecular formula is C5H14ClKNO+. The third-order valence-electron chi connectivity index (χ3n) is 0.771. The van der Waals surface area contributed by atoms with E-state index in [2.05, 4.69) is 21.1 Å². The number of hydrogen-bond acceptors (Lipinski definition) is 1. The van der Waals surface area contributed by atoms with Gasteiger partial charge in [-0.3, -0.25) is 0 Å². The van der Waals surface area contributed by atoms with Crippen molar-refractivity contribution in [2.24, 2.45) is 0 Å². The summed E-state index contributed by atoms with van der Waals surface area (Å²) in [6.45, 7) is 1.11. The fourth-order valence-corrected chi connectivity index (χ4v) is 0.300. The smallest absolute Gasteiger partial charge is 1.00 e. The van der Waals surface area contributed by atoms with Crippen molar-refractivity contribution in [2.75, 3.05) is 34.3 Å². The molecule has 0 aromatic rings. The Morgan fingerprint density at radius 1 is 1.22 bits per heavy atom. The standard InChI is InChI=1S/C5H14NO.ClH.K/c1-6(2,3)4-5-7;;/h7H,4-5H2,1-3H3;1H;/q+1;;+1/p-1. The molecule has 2 nitrogen and oxygen atoms in total. The first-order valence-electron chi connectivity index (χ1n) is 2.47. The first-order valence-corrected chi connectivity index (χ1v) is 2.47. The monoisotopic (exact) mass is 178 g/mol. The molecule has 0 aromatic heterocycles. The Bertz CT molecular complexity index is 55.4. The van der Waals surface area contributed by atoms with Gasteiger partial charge >= 0.3 is 51.4 Å². The molecule has 0 bridgehead atoms. The van der Waals surface area contributed by atoms with Gasteiger partial charge in [-0.2, -0.15) is 0 Å². The van der Waals surface area contributed by atoms with E-state index in [1.807, 2.05) is 0 Å². The molecule has 0 saturated carbocycles. The Morgan fingerprint density at radius 3 is 1.56 bits per heavy atom. The number of rotatable bonds is 2. The third-order valence-corrected chi connectivity index (χ3v) is 0.771. The zero-order valence-electron chi connectivity index (χ0n) is 6.69. The van der Waals surface area contributed by atoms with Crippen LogP contribution in [0.4, 0.5) is 0 Å². The number of aliphatic hydroxyl groups excluding tert-OH is 1. The molecule has 0 aliphatic rings. The van der Waals surface area contributed by atoms with Crippen molar-refractivity contribution < 1.29 is 73.4 Å². The van der Waals surface area contributed by atoms with Crippen LogP contribution in [0.5, 0.6) is 0 Å². The molecule has 0 heterocycles. The van der Waals surface area contributed by atoms with E-state index in [1.165, 1.54) is 0 Å². The molecule has 0 aliphatic heterocycles. The van der Waals surface area contributed by atoms with Crippen LogP contribution < -0.4 is 63.8 Å². The summed E-state index contributed by atoms with van der Waals surface area (Å²) in [5.41, 5.74) is 0. The second kappa shape index (κ2) is 7.95. The maximum atomic E-state index is 8.39. The molecule has 0 unspecified atom stereocenters. The molecule has 0 saturated heterocycles. The predicted octanol–water partition coefficient (Wildman–Crippen LogP) is -6.31. The number of halogens is 1. The van der Waals surface area contributed by atoms with Crippen molar-refractivity contribution in [3.05, 3.63) is 0 Å². The minimum Gasteiger partial charge on any atom is -1.00 e. The van der Waals surface area contributed by atoms with Crippen LogP contribution >= 0.6 is 0 Å². The van der Waals surface area contributed by atoms with Crippen LogP contribution in [-0.4, -0.2) is 43.9 Å². The number of hydrogen-bond donors (Lipinski definition) is 1. The Labute approximate surface area is 106 Å². The van der Waals surface area contributed by atoms with Crippen LogP contribution in [0.25, 0.3) is 0 Å². The van der Waals surface area contributed by atoms with Gasteiger partial charge in [0, 0.05) is 0 Å². The molecule has 0 spiro atoms. The molecule has 0 fully saturated rings. The average molecular weight is 179 g/mol. The predicted molar refractivity (Wildman–Crippen MR) is 30.0 cm³/mol. The molecule has 52 valence electrons. The molecule has 9 heavy (non-hydrogen) atoms. The summed E-state index contributed by atoms with van der Waals surface area (Å²) in [7, 11) is 6.16. The minimum atomic E-state index is 0. The quantitative estimate of drug-likeness (QED) is 0.330. The first kappa shape index (κ1) is 17.1. The van der Waals surface area contributed by atoms with Gasteiger partial charge in [-0.25, -0.2) is 0 Å². The topological polar surface area (TPSA) is 20.2 Å². The summed E-state index contributed by atoms with van der Waals surface area (Å²) in [6.07, 6.45) is 0. The Kier molecular flexibility index (Phi) is 15.1. The Hall–Kier alpha value is 1.85. The van der Waals surface area contributed by atoms with Crippen LogP contribution in [0, 0.1) is 0 Å². The molecule has 0 radical (unpaired) electrons. The fourth-order valence-electron chi connectivity index (χ4n) is 0.300. The number of nitrogens with zero attached hydrogens (tertiary/aromatic N) is 1. The molecule has 4 heteroatoms. The van der Waals surface area contributed by atoms with Gasteiger partial charge in [-0.15, -0.1) is 0 Å². The summed E-state index contributed by atoms with van der Waals surface area (Å²) in [5.74, 6) is 0. The number of likely N-dealkylation sites (N-methyl/N-ethyl adjacent to an activating group) is 1. The van der Waals surface area contributed by atoms with E-state index in [0.717, 1.165) is 11.0 Å². The van der Waals surface area contributed by atoms with Gasteiger partial charge in [0.2, 0.25) is 0 Å². The Balaban J connectivity index is -0.000000180. The summed E-state index contributed by atoms with van der Waals surface area (Å²) in [4.78, 5) is 0. The van der Waals surface area contributed by atoms with Crippen molar-refractivity contribution in [2.45, 2.75) is 0 Å². The van der Waals surface area contributed by atoms with Gasteiger partial charge in [0.05, 0.1) is 27.7 Å². The number of aliphatic hydroxyl groups is 1. The molecule has 0 atom stereocenters. The van der Waals surface area contributed by atoms with Crippen molar-refractivity contribution in [1.82, 2.24) is 0 Å². The van der Waals surface area contributed by atoms with E-state index in [4.69, 9.17) is 5.11 Å². The number of quaternary nitrogens is 1. The maximum Gasteiger partial charge on any atom is 1.00 e. The van der Waals surface area contributed by atoms with Crippen molar-refractivity contribution in [1.29, 1.82) is 0 Å².